The Morgan fingerprint density at radius 3 is 2.75 bits per heavy atom. The highest BCUT2D eigenvalue weighted by molar-refractivity contribution is 4.62. The van der Waals surface area contributed by atoms with Crippen molar-refractivity contribution >= 4 is 0 Å². The minimum atomic E-state index is 0.537. The maximum absolute atomic E-state index is 6.43. The van der Waals surface area contributed by atoms with Crippen LogP contribution in [-0.4, -0.2) is 31.6 Å². The second-order valence-electron chi connectivity index (χ2n) is 1.64. The Hall–Kier alpha value is -0.550. The van der Waals surface area contributed by atoms with Crippen LogP contribution >= 0.6 is 0 Å². The smallest absolute Gasteiger partial charge is 0.227 e. The molecule has 0 saturated carbocycles. The Kier molecular flexibility index (Phi) is 4.29. The predicted molar refractivity (Wildman–Crippen MR) is 33.3 cm³/mol. The van der Waals surface area contributed by atoms with Gasteiger partial charge in [-0.25, -0.2) is 6.57 Å². The predicted octanol–water partition coefficient (Wildman–Crippen LogP) is 0.549. The second kappa shape index (κ2) is 4.61. The van der Waals surface area contributed by atoms with Crippen molar-refractivity contribution in [3.05, 3.63) is 18.3 Å². The van der Waals surface area contributed by atoms with Gasteiger partial charge in [0.15, 0.2) is 0 Å². The first-order valence-electron chi connectivity index (χ1n) is 2.53. The first-order chi connectivity index (χ1) is 3.81. The zero-order chi connectivity index (χ0) is 6.41. The Bertz CT molecular complexity index is 83.0. The second-order valence-corrected chi connectivity index (χ2v) is 1.64. The number of hydrogen-bond donors (Lipinski definition) is 0. The molecular formula is C6H10N2. The third-order valence-electron chi connectivity index (χ3n) is 0.905. The highest BCUT2D eigenvalue weighted by Crippen LogP contribution is 1.78. The van der Waals surface area contributed by atoms with E-state index in [9.17, 15) is 0 Å². The molecule has 44 valence electrons. The van der Waals surface area contributed by atoms with Gasteiger partial charge in [-0.15, -0.1) is 0 Å². The van der Waals surface area contributed by atoms with Gasteiger partial charge < -0.3 is 4.85 Å². The molecule has 2 heteroatoms. The van der Waals surface area contributed by atoms with E-state index in [1.54, 1.807) is 0 Å². The minimum absolute atomic E-state index is 0.537. The maximum atomic E-state index is 6.43. The van der Waals surface area contributed by atoms with Crippen LogP contribution in [-0.2, 0) is 0 Å². The summed E-state index contributed by atoms with van der Waals surface area (Å²) in [6, 6.07) is 0. The van der Waals surface area contributed by atoms with Crippen molar-refractivity contribution in [2.24, 2.45) is 0 Å². The van der Waals surface area contributed by atoms with Gasteiger partial charge in [0.2, 0.25) is 6.54 Å². The molecule has 0 aliphatic heterocycles. The van der Waals surface area contributed by atoms with E-state index in [0.717, 1.165) is 6.54 Å². The third-order valence-corrected chi connectivity index (χ3v) is 0.905. The van der Waals surface area contributed by atoms with Crippen molar-refractivity contribution in [1.82, 2.24) is 4.90 Å². The van der Waals surface area contributed by atoms with E-state index in [-0.39, 0.29) is 0 Å². The van der Waals surface area contributed by atoms with E-state index in [4.69, 9.17) is 13.5 Å². The molecule has 0 aromatic carbocycles. The normalized spacial score (nSPS) is 9.25. The highest BCUT2D eigenvalue weighted by atomic mass is 15.1. The monoisotopic (exact) mass is 110 g/mol. The van der Waals surface area contributed by atoms with Crippen LogP contribution in [0.2, 0.25) is 0 Å². The molecule has 0 fully saturated rings. The maximum Gasteiger partial charge on any atom is 0.227 e. The highest BCUT2D eigenvalue weighted by Gasteiger charge is 1.92. The molecule has 0 aliphatic rings. The van der Waals surface area contributed by atoms with E-state index < -0.39 is 0 Å². The lowest BCUT2D eigenvalue weighted by molar-refractivity contribution is 0.387. The lowest BCUT2D eigenvalue weighted by atomic mass is 10.5. The fourth-order valence-electron chi connectivity index (χ4n) is 0.312. The largest absolute Gasteiger partial charge is 0.316 e. The zero-order valence-corrected chi connectivity index (χ0v) is 5.09. The van der Waals surface area contributed by atoms with Crippen LogP contribution < -0.4 is 0 Å². The average molecular weight is 110 g/mol. The van der Waals surface area contributed by atoms with Gasteiger partial charge >= 0.3 is 0 Å². The molecule has 0 aromatic heterocycles. The van der Waals surface area contributed by atoms with Gasteiger partial charge in [0, 0.05) is 6.54 Å². The SMILES string of the molecule is [C-]#[N+]CCN(C)C[CH]. The van der Waals surface area contributed by atoms with E-state index in [2.05, 4.69) is 4.85 Å². The average Bonchev–Trinajstić information content (AvgIpc) is 1.83. The van der Waals surface area contributed by atoms with Gasteiger partial charge in [0.25, 0.3) is 0 Å². The molecule has 0 rings (SSSR count). The van der Waals surface area contributed by atoms with Crippen molar-refractivity contribution in [3.63, 3.8) is 0 Å². The van der Waals surface area contributed by atoms with Crippen molar-refractivity contribution in [3.8, 4) is 0 Å². The quantitative estimate of drug-likeness (QED) is 0.481. The standard InChI is InChI=1S/C6H10N2/c1-4-8(3)6-5-7-2/h1H,4-6H2,3H3. The fraction of sp³-hybridized carbons (Fsp3) is 0.667. The first kappa shape index (κ1) is 7.45. The van der Waals surface area contributed by atoms with Crippen LogP contribution in [0.15, 0.2) is 0 Å². The molecule has 0 N–H and O–H groups in total. The molecule has 0 bridgehead atoms. The van der Waals surface area contributed by atoms with Gasteiger partial charge in [0.05, 0.1) is 6.54 Å². The molecule has 0 spiro atoms. The Balaban J connectivity index is 3.01. The molecule has 8 heavy (non-hydrogen) atoms. The van der Waals surface area contributed by atoms with E-state index in [1.165, 1.54) is 0 Å². The van der Waals surface area contributed by atoms with Gasteiger partial charge in [-0.3, -0.25) is 4.90 Å². The Morgan fingerprint density at radius 2 is 2.38 bits per heavy atom. The van der Waals surface area contributed by atoms with Gasteiger partial charge in [0.1, 0.15) is 0 Å². The zero-order valence-electron chi connectivity index (χ0n) is 5.09. The Labute approximate surface area is 50.9 Å². The third kappa shape index (κ3) is 3.63. The summed E-state index contributed by atoms with van der Waals surface area (Å²) in [5.74, 6) is 0. The first-order valence-corrected chi connectivity index (χ1v) is 2.53. The molecule has 0 saturated heterocycles. The summed E-state index contributed by atoms with van der Waals surface area (Å²) in [6.07, 6.45) is 0. The fourth-order valence-corrected chi connectivity index (χ4v) is 0.312. The molecule has 0 heterocycles. The van der Waals surface area contributed by atoms with E-state index in [1.807, 2.05) is 11.9 Å². The lowest BCUT2D eigenvalue weighted by Gasteiger charge is -2.07. The van der Waals surface area contributed by atoms with Crippen LogP contribution in [0.25, 0.3) is 4.85 Å². The van der Waals surface area contributed by atoms with Crippen molar-refractivity contribution in [2.45, 2.75) is 0 Å². The summed E-state index contributed by atoms with van der Waals surface area (Å²) in [7, 11) is 1.89. The summed E-state index contributed by atoms with van der Waals surface area (Å²) in [5, 5.41) is 0. The summed E-state index contributed by atoms with van der Waals surface area (Å²) in [5.41, 5.74) is 0. The minimum Gasteiger partial charge on any atom is -0.316 e. The van der Waals surface area contributed by atoms with Gasteiger partial charge in [-0.2, -0.15) is 0 Å². The molecule has 0 unspecified atom stereocenters. The van der Waals surface area contributed by atoms with E-state index in [0.29, 0.717) is 13.1 Å². The Morgan fingerprint density at radius 1 is 1.75 bits per heavy atom. The van der Waals surface area contributed by atoms with Crippen LogP contribution in [0.1, 0.15) is 0 Å². The summed E-state index contributed by atoms with van der Waals surface area (Å²) in [4.78, 5) is 5.08. The summed E-state index contributed by atoms with van der Waals surface area (Å²) < 4.78 is 0. The van der Waals surface area contributed by atoms with Gasteiger partial charge in [-0.1, -0.05) is 0 Å². The summed E-state index contributed by atoms with van der Waals surface area (Å²) in [6.45, 7) is 13.5. The van der Waals surface area contributed by atoms with Crippen LogP contribution in [0.3, 0.4) is 0 Å². The van der Waals surface area contributed by atoms with Crippen molar-refractivity contribution < 1.29 is 0 Å². The van der Waals surface area contributed by atoms with Crippen LogP contribution in [0, 0.1) is 13.5 Å². The molecule has 2 nitrogen and oxygen atoms in total. The van der Waals surface area contributed by atoms with Crippen LogP contribution in [0.5, 0.6) is 0 Å². The number of hydrogen-bond acceptors (Lipinski definition) is 1. The van der Waals surface area contributed by atoms with Crippen LogP contribution in [0.4, 0.5) is 0 Å². The molecule has 0 aromatic rings. The van der Waals surface area contributed by atoms with Gasteiger partial charge in [-0.05, 0) is 14.0 Å². The number of nitrogens with zero attached hydrogens (tertiary/aromatic N) is 2. The molecule has 0 atom stereocenters. The lowest BCUT2D eigenvalue weighted by Crippen LogP contribution is -2.20. The number of rotatable bonds is 3. The molecular weight excluding hydrogens is 100 g/mol. The topological polar surface area (TPSA) is 7.60 Å². The number of likely N-dealkylation sites (N-methyl/N-ethyl adjacent to an activating group) is 1. The van der Waals surface area contributed by atoms with Crippen molar-refractivity contribution in [1.29, 1.82) is 0 Å². The molecule has 0 amide bonds. The summed E-state index contributed by atoms with van der Waals surface area (Å²) >= 11 is 0. The molecule has 0 aliphatic carbocycles. The van der Waals surface area contributed by atoms with Crippen molar-refractivity contribution in [2.75, 3.05) is 26.7 Å². The molecule has 2 radical (unpaired) electrons. The van der Waals surface area contributed by atoms with E-state index >= 15 is 0 Å².